The van der Waals surface area contributed by atoms with Crippen molar-refractivity contribution in [2.45, 2.75) is 51.6 Å². The highest BCUT2D eigenvalue weighted by molar-refractivity contribution is 6.47. The van der Waals surface area contributed by atoms with E-state index in [1.165, 1.54) is 12.1 Å². The van der Waals surface area contributed by atoms with E-state index in [9.17, 15) is 4.39 Å². The van der Waals surface area contributed by atoms with Crippen molar-refractivity contribution in [3.05, 3.63) is 35.6 Å². The predicted octanol–water partition coefficient (Wildman–Crippen LogP) is 3.56. The highest BCUT2D eigenvalue weighted by Crippen LogP contribution is 2.40. The van der Waals surface area contributed by atoms with Gasteiger partial charge < -0.3 is 9.31 Å². The fourth-order valence-electron chi connectivity index (χ4n) is 2.04. The third-order valence-electron chi connectivity index (χ3n) is 4.05. The Bertz CT molecular complexity index is 429. The SMILES string of the molecule is C[C@H](B1OC(C)(C)C(C)(C)O1)c1cccc(F)c1. The van der Waals surface area contributed by atoms with Gasteiger partial charge in [0.2, 0.25) is 0 Å². The van der Waals surface area contributed by atoms with E-state index in [0.29, 0.717) is 0 Å². The van der Waals surface area contributed by atoms with E-state index in [0.717, 1.165) is 5.56 Å². The summed E-state index contributed by atoms with van der Waals surface area (Å²) in [5.74, 6) is -0.224. The van der Waals surface area contributed by atoms with Crippen LogP contribution in [0.1, 0.15) is 46.0 Å². The zero-order valence-corrected chi connectivity index (χ0v) is 11.7. The number of hydrogen-bond donors (Lipinski definition) is 0. The molecule has 0 amide bonds. The van der Waals surface area contributed by atoms with Crippen LogP contribution in [-0.2, 0) is 9.31 Å². The van der Waals surface area contributed by atoms with Gasteiger partial charge in [-0.1, -0.05) is 19.1 Å². The van der Waals surface area contributed by atoms with Crippen molar-refractivity contribution in [2.24, 2.45) is 0 Å². The van der Waals surface area contributed by atoms with Crippen molar-refractivity contribution < 1.29 is 13.7 Å². The van der Waals surface area contributed by atoms with Gasteiger partial charge in [-0.15, -0.1) is 0 Å². The number of benzene rings is 1. The fraction of sp³-hybridized carbons (Fsp3) is 0.571. The van der Waals surface area contributed by atoms with Crippen LogP contribution in [-0.4, -0.2) is 18.3 Å². The molecule has 0 spiro atoms. The molecule has 4 heteroatoms. The summed E-state index contributed by atoms with van der Waals surface area (Å²) in [7, 11) is -0.336. The average molecular weight is 250 g/mol. The lowest BCUT2D eigenvalue weighted by Crippen LogP contribution is -2.41. The van der Waals surface area contributed by atoms with E-state index in [2.05, 4.69) is 0 Å². The van der Waals surface area contributed by atoms with Crippen LogP contribution >= 0.6 is 0 Å². The lowest BCUT2D eigenvalue weighted by atomic mass is 9.69. The summed E-state index contributed by atoms with van der Waals surface area (Å²) >= 11 is 0. The maximum atomic E-state index is 13.2. The van der Waals surface area contributed by atoms with Crippen LogP contribution in [0.2, 0.25) is 0 Å². The highest BCUT2D eigenvalue weighted by Gasteiger charge is 2.52. The molecule has 0 N–H and O–H groups in total. The Balaban J connectivity index is 2.20. The monoisotopic (exact) mass is 250 g/mol. The van der Waals surface area contributed by atoms with E-state index >= 15 is 0 Å². The molecule has 18 heavy (non-hydrogen) atoms. The summed E-state index contributed by atoms with van der Waals surface area (Å²) in [5.41, 5.74) is 0.201. The molecular formula is C14H20BFO2. The van der Waals surface area contributed by atoms with Crippen molar-refractivity contribution >= 4 is 7.12 Å². The average Bonchev–Trinajstić information content (AvgIpc) is 2.47. The Labute approximate surface area is 109 Å². The molecule has 0 aromatic heterocycles. The van der Waals surface area contributed by atoms with Gasteiger partial charge in [-0.25, -0.2) is 4.39 Å². The van der Waals surface area contributed by atoms with Crippen LogP contribution in [0.25, 0.3) is 0 Å². The van der Waals surface area contributed by atoms with E-state index in [4.69, 9.17) is 9.31 Å². The summed E-state index contributed by atoms with van der Waals surface area (Å²) in [6, 6.07) is 6.60. The second-order valence-electron chi connectivity index (χ2n) is 5.97. The zero-order valence-electron chi connectivity index (χ0n) is 11.7. The Kier molecular flexibility index (Phi) is 3.28. The molecular weight excluding hydrogens is 230 g/mol. The fourth-order valence-corrected chi connectivity index (χ4v) is 2.04. The molecule has 98 valence electrons. The van der Waals surface area contributed by atoms with E-state index in [1.807, 2.05) is 40.7 Å². The lowest BCUT2D eigenvalue weighted by molar-refractivity contribution is 0.00578. The largest absolute Gasteiger partial charge is 0.465 e. The topological polar surface area (TPSA) is 18.5 Å². The lowest BCUT2D eigenvalue weighted by Gasteiger charge is -2.32. The first kappa shape index (κ1) is 13.6. The Morgan fingerprint density at radius 3 is 2.17 bits per heavy atom. The summed E-state index contributed by atoms with van der Waals surface area (Å²) in [5, 5.41) is 0. The smallest absolute Gasteiger partial charge is 0.403 e. The molecule has 0 aliphatic carbocycles. The summed E-state index contributed by atoms with van der Waals surface area (Å²) in [4.78, 5) is 0. The molecule has 0 saturated carbocycles. The molecule has 1 fully saturated rings. The molecule has 1 aliphatic rings. The number of rotatable bonds is 2. The molecule has 2 rings (SSSR count). The quantitative estimate of drug-likeness (QED) is 0.747. The second kappa shape index (κ2) is 4.35. The molecule has 0 radical (unpaired) electrons. The van der Waals surface area contributed by atoms with Gasteiger partial charge in [0, 0.05) is 5.82 Å². The molecule has 1 aromatic carbocycles. The first-order valence-electron chi connectivity index (χ1n) is 6.34. The molecule has 0 bridgehead atoms. The van der Waals surface area contributed by atoms with E-state index < -0.39 is 0 Å². The first-order chi connectivity index (χ1) is 8.23. The first-order valence-corrected chi connectivity index (χ1v) is 6.34. The van der Waals surface area contributed by atoms with Crippen LogP contribution in [0.3, 0.4) is 0 Å². The number of halogens is 1. The summed E-state index contributed by atoms with van der Waals surface area (Å²) in [6.45, 7) is 10.1. The summed E-state index contributed by atoms with van der Waals surface area (Å²) in [6.07, 6.45) is 0. The zero-order chi connectivity index (χ0) is 13.6. The van der Waals surface area contributed by atoms with Gasteiger partial charge in [0.1, 0.15) is 5.82 Å². The van der Waals surface area contributed by atoms with Crippen LogP contribution in [0.15, 0.2) is 24.3 Å². The van der Waals surface area contributed by atoms with Gasteiger partial charge in [-0.05, 0) is 45.4 Å². The molecule has 1 aromatic rings. The van der Waals surface area contributed by atoms with Gasteiger partial charge in [-0.3, -0.25) is 0 Å². The third kappa shape index (κ3) is 2.32. The van der Waals surface area contributed by atoms with Crippen molar-refractivity contribution in [1.82, 2.24) is 0 Å². The molecule has 1 heterocycles. The molecule has 0 unspecified atom stereocenters. The molecule has 1 aliphatic heterocycles. The minimum atomic E-state index is -0.348. The van der Waals surface area contributed by atoms with Gasteiger partial charge in [0.05, 0.1) is 11.2 Å². The van der Waals surface area contributed by atoms with Gasteiger partial charge >= 0.3 is 7.12 Å². The van der Waals surface area contributed by atoms with Crippen LogP contribution in [0.5, 0.6) is 0 Å². The highest BCUT2D eigenvalue weighted by atomic mass is 19.1. The van der Waals surface area contributed by atoms with E-state index in [1.54, 1.807) is 6.07 Å². The van der Waals surface area contributed by atoms with Crippen molar-refractivity contribution in [2.75, 3.05) is 0 Å². The normalized spacial score (nSPS) is 23.1. The number of hydrogen-bond acceptors (Lipinski definition) is 2. The Morgan fingerprint density at radius 2 is 1.67 bits per heavy atom. The minimum absolute atomic E-state index is 0.00162. The predicted molar refractivity (Wildman–Crippen MR) is 70.9 cm³/mol. The standard InChI is InChI=1S/C14H20BFO2/c1-10(11-7-6-8-12(16)9-11)15-17-13(2,3)14(4,5)18-15/h6-10H,1-5H3/t10-/m0/s1. The van der Waals surface area contributed by atoms with Crippen molar-refractivity contribution in [3.63, 3.8) is 0 Å². The molecule has 2 nitrogen and oxygen atoms in total. The van der Waals surface area contributed by atoms with Crippen LogP contribution < -0.4 is 0 Å². The minimum Gasteiger partial charge on any atom is -0.403 e. The Hall–Kier alpha value is -0.865. The molecule has 1 atom stereocenters. The van der Waals surface area contributed by atoms with Gasteiger partial charge in [-0.2, -0.15) is 0 Å². The van der Waals surface area contributed by atoms with Crippen LogP contribution in [0.4, 0.5) is 4.39 Å². The van der Waals surface area contributed by atoms with Gasteiger partial charge in [0.25, 0.3) is 0 Å². The Morgan fingerprint density at radius 1 is 1.11 bits per heavy atom. The van der Waals surface area contributed by atoms with Crippen LogP contribution in [0, 0.1) is 5.82 Å². The van der Waals surface area contributed by atoms with Crippen molar-refractivity contribution in [1.29, 1.82) is 0 Å². The third-order valence-corrected chi connectivity index (χ3v) is 4.05. The van der Waals surface area contributed by atoms with Gasteiger partial charge in [0.15, 0.2) is 0 Å². The molecule has 1 saturated heterocycles. The second-order valence-corrected chi connectivity index (χ2v) is 5.97. The maximum Gasteiger partial charge on any atom is 0.465 e. The summed E-state index contributed by atoms with van der Waals surface area (Å²) < 4.78 is 25.2. The van der Waals surface area contributed by atoms with Crippen molar-refractivity contribution in [3.8, 4) is 0 Å². The van der Waals surface area contributed by atoms with E-state index in [-0.39, 0.29) is 30.0 Å². The maximum absolute atomic E-state index is 13.2.